The van der Waals surface area contributed by atoms with E-state index in [1.807, 2.05) is 38.1 Å². The molecule has 7 heteroatoms. The van der Waals surface area contributed by atoms with Gasteiger partial charge >= 0.3 is 0 Å². The highest BCUT2D eigenvalue weighted by Gasteiger charge is 2.46. The van der Waals surface area contributed by atoms with Crippen molar-refractivity contribution in [3.05, 3.63) is 53.6 Å². The SMILES string of the molecule is COc1ccccc1NC(=O)C[C@@H]1SC(=Nc2ccc(C)cc2C)N(C2CC2)C1=O. The predicted octanol–water partition coefficient (Wildman–Crippen LogP) is 4.43. The van der Waals surface area contributed by atoms with Crippen LogP contribution in [0.25, 0.3) is 0 Å². The number of benzene rings is 2. The summed E-state index contributed by atoms with van der Waals surface area (Å²) in [6.45, 7) is 4.07. The molecule has 1 heterocycles. The number of nitrogens with zero attached hydrogens (tertiary/aromatic N) is 2. The van der Waals surface area contributed by atoms with Crippen molar-refractivity contribution >= 4 is 40.1 Å². The van der Waals surface area contributed by atoms with E-state index in [1.165, 1.54) is 17.3 Å². The third kappa shape index (κ3) is 4.36. The van der Waals surface area contributed by atoms with Crippen LogP contribution in [0, 0.1) is 13.8 Å². The average Bonchev–Trinajstić information content (AvgIpc) is 3.50. The van der Waals surface area contributed by atoms with Crippen molar-refractivity contribution < 1.29 is 14.3 Å². The Labute approximate surface area is 180 Å². The lowest BCUT2D eigenvalue weighted by Gasteiger charge is -2.15. The first kappa shape index (κ1) is 20.5. The summed E-state index contributed by atoms with van der Waals surface area (Å²) in [5.74, 6) is 0.350. The third-order valence-corrected chi connectivity index (χ3v) is 6.35. The quantitative estimate of drug-likeness (QED) is 0.746. The minimum absolute atomic E-state index is 0.0267. The second kappa shape index (κ2) is 8.52. The van der Waals surface area contributed by atoms with Crippen LogP contribution < -0.4 is 10.1 Å². The standard InChI is InChI=1S/C23H25N3O3S/c1-14-8-11-17(15(2)12-14)25-23-26(16-9-10-16)22(28)20(30-23)13-21(27)24-18-6-4-5-7-19(18)29-3/h4-8,11-12,16,20H,9-10,13H2,1-3H3,(H,24,27)/t20-/m0/s1. The Hall–Kier alpha value is -2.80. The number of nitrogens with one attached hydrogen (secondary N) is 1. The highest BCUT2D eigenvalue weighted by atomic mass is 32.2. The van der Waals surface area contributed by atoms with E-state index in [4.69, 9.17) is 9.73 Å². The van der Waals surface area contributed by atoms with Gasteiger partial charge in [0.1, 0.15) is 11.0 Å². The van der Waals surface area contributed by atoms with Gasteiger partial charge in [0.25, 0.3) is 0 Å². The summed E-state index contributed by atoms with van der Waals surface area (Å²) >= 11 is 1.39. The molecule has 2 aliphatic rings. The van der Waals surface area contributed by atoms with Gasteiger partial charge in [0.05, 0.1) is 18.5 Å². The van der Waals surface area contributed by atoms with Crippen LogP contribution in [0.1, 0.15) is 30.4 Å². The number of methoxy groups -OCH3 is 1. The smallest absolute Gasteiger partial charge is 0.242 e. The van der Waals surface area contributed by atoms with Crippen LogP contribution in [-0.2, 0) is 9.59 Å². The molecule has 156 valence electrons. The Bertz CT molecular complexity index is 1020. The molecule has 30 heavy (non-hydrogen) atoms. The summed E-state index contributed by atoms with van der Waals surface area (Å²) in [7, 11) is 1.56. The van der Waals surface area contributed by atoms with E-state index in [0.717, 1.165) is 24.1 Å². The molecule has 2 aromatic carbocycles. The molecule has 6 nitrogen and oxygen atoms in total. The van der Waals surface area contributed by atoms with E-state index in [9.17, 15) is 9.59 Å². The van der Waals surface area contributed by atoms with Crippen LogP contribution in [0.2, 0.25) is 0 Å². The van der Waals surface area contributed by atoms with Crippen LogP contribution in [0.15, 0.2) is 47.5 Å². The molecule has 2 fully saturated rings. The predicted molar refractivity (Wildman–Crippen MR) is 120 cm³/mol. The maximum Gasteiger partial charge on any atom is 0.242 e. The van der Waals surface area contributed by atoms with Gasteiger partial charge < -0.3 is 10.1 Å². The number of aryl methyl sites for hydroxylation is 2. The van der Waals surface area contributed by atoms with E-state index in [2.05, 4.69) is 11.4 Å². The highest BCUT2D eigenvalue weighted by molar-refractivity contribution is 8.15. The van der Waals surface area contributed by atoms with Crippen molar-refractivity contribution in [1.82, 2.24) is 4.90 Å². The number of hydrogen-bond acceptors (Lipinski definition) is 5. The molecule has 0 unspecified atom stereocenters. The molecule has 1 aliphatic carbocycles. The van der Waals surface area contributed by atoms with Crippen molar-refractivity contribution in [3.63, 3.8) is 0 Å². The third-order valence-electron chi connectivity index (χ3n) is 5.20. The van der Waals surface area contributed by atoms with Crippen LogP contribution >= 0.6 is 11.8 Å². The molecule has 0 radical (unpaired) electrons. The summed E-state index contributed by atoms with van der Waals surface area (Å²) in [4.78, 5) is 32.3. The van der Waals surface area contributed by atoms with Gasteiger partial charge in [-0.15, -0.1) is 0 Å². The highest BCUT2D eigenvalue weighted by Crippen LogP contribution is 2.40. The summed E-state index contributed by atoms with van der Waals surface area (Å²) < 4.78 is 5.28. The summed E-state index contributed by atoms with van der Waals surface area (Å²) in [6, 6.07) is 13.5. The molecule has 2 aromatic rings. The first-order chi connectivity index (χ1) is 14.5. The Morgan fingerprint density at radius 1 is 1.23 bits per heavy atom. The molecule has 0 spiro atoms. The maximum absolute atomic E-state index is 13.1. The molecule has 1 saturated heterocycles. The number of ether oxygens (including phenoxy) is 1. The van der Waals surface area contributed by atoms with Gasteiger partial charge in [0.15, 0.2) is 5.17 Å². The van der Waals surface area contributed by atoms with Gasteiger partial charge in [-0.3, -0.25) is 14.5 Å². The lowest BCUT2D eigenvalue weighted by molar-refractivity contribution is -0.128. The first-order valence-corrected chi connectivity index (χ1v) is 10.9. The first-order valence-electron chi connectivity index (χ1n) is 10.0. The molecule has 1 atom stereocenters. The molecule has 4 rings (SSSR count). The minimum atomic E-state index is -0.468. The minimum Gasteiger partial charge on any atom is -0.495 e. The summed E-state index contributed by atoms with van der Waals surface area (Å²) in [6.07, 6.45) is 2.06. The number of para-hydroxylation sites is 2. The van der Waals surface area contributed by atoms with Gasteiger partial charge in [-0.1, -0.05) is 41.6 Å². The van der Waals surface area contributed by atoms with Crippen molar-refractivity contribution in [1.29, 1.82) is 0 Å². The van der Waals surface area contributed by atoms with Gasteiger partial charge in [0.2, 0.25) is 11.8 Å². The lowest BCUT2D eigenvalue weighted by atomic mass is 10.1. The molecule has 2 amide bonds. The zero-order valence-electron chi connectivity index (χ0n) is 17.3. The van der Waals surface area contributed by atoms with Gasteiger partial charge in [-0.05, 0) is 50.5 Å². The maximum atomic E-state index is 13.1. The molecular weight excluding hydrogens is 398 g/mol. The zero-order chi connectivity index (χ0) is 21.3. The Kier molecular flexibility index (Phi) is 5.81. The number of carbonyl (C=O) groups excluding carboxylic acids is 2. The topological polar surface area (TPSA) is 71.0 Å². The van der Waals surface area contributed by atoms with E-state index < -0.39 is 5.25 Å². The number of aliphatic imine (C=N–C) groups is 1. The normalized spacial score (nSPS) is 20.0. The van der Waals surface area contributed by atoms with Gasteiger partial charge in [-0.2, -0.15) is 0 Å². The number of amidine groups is 1. The van der Waals surface area contributed by atoms with Gasteiger partial charge in [-0.25, -0.2) is 4.99 Å². The number of carbonyl (C=O) groups is 2. The molecule has 1 N–H and O–H groups in total. The molecule has 1 saturated carbocycles. The number of rotatable bonds is 6. The average molecular weight is 424 g/mol. The van der Waals surface area contributed by atoms with E-state index in [0.29, 0.717) is 16.6 Å². The Balaban J connectivity index is 1.51. The van der Waals surface area contributed by atoms with Crippen LogP contribution in [0.5, 0.6) is 5.75 Å². The largest absolute Gasteiger partial charge is 0.495 e. The summed E-state index contributed by atoms with van der Waals surface area (Å²) in [5.41, 5.74) is 3.71. The fourth-order valence-corrected chi connectivity index (χ4v) is 4.72. The fourth-order valence-electron chi connectivity index (χ4n) is 3.51. The van der Waals surface area contributed by atoms with E-state index >= 15 is 0 Å². The summed E-state index contributed by atoms with van der Waals surface area (Å²) in [5, 5.41) is 3.09. The van der Waals surface area contributed by atoms with E-state index in [1.54, 1.807) is 24.1 Å². The molecule has 0 aromatic heterocycles. The van der Waals surface area contributed by atoms with Crippen molar-refractivity contribution in [2.75, 3.05) is 12.4 Å². The Morgan fingerprint density at radius 3 is 2.70 bits per heavy atom. The molecule has 0 bridgehead atoms. The van der Waals surface area contributed by atoms with Crippen LogP contribution in [-0.4, -0.2) is 40.3 Å². The van der Waals surface area contributed by atoms with Crippen molar-refractivity contribution in [3.8, 4) is 5.75 Å². The van der Waals surface area contributed by atoms with Crippen molar-refractivity contribution in [2.45, 2.75) is 44.4 Å². The van der Waals surface area contributed by atoms with E-state index in [-0.39, 0.29) is 24.3 Å². The van der Waals surface area contributed by atoms with Gasteiger partial charge in [0, 0.05) is 12.5 Å². The second-order valence-electron chi connectivity index (χ2n) is 7.68. The number of amides is 2. The Morgan fingerprint density at radius 2 is 2.00 bits per heavy atom. The lowest BCUT2D eigenvalue weighted by Crippen LogP contribution is -2.35. The number of thioether (sulfide) groups is 1. The number of anilines is 1. The molecule has 1 aliphatic heterocycles. The van der Waals surface area contributed by atoms with Crippen molar-refractivity contribution in [2.24, 2.45) is 4.99 Å². The molecular formula is C23H25N3O3S. The van der Waals surface area contributed by atoms with Crippen LogP contribution in [0.4, 0.5) is 11.4 Å². The van der Waals surface area contributed by atoms with Crippen LogP contribution in [0.3, 0.4) is 0 Å². The zero-order valence-corrected chi connectivity index (χ0v) is 18.2. The number of hydrogen-bond donors (Lipinski definition) is 1. The second-order valence-corrected chi connectivity index (χ2v) is 8.85. The monoisotopic (exact) mass is 423 g/mol. The fraction of sp³-hybridized carbons (Fsp3) is 0.348.